The van der Waals surface area contributed by atoms with E-state index >= 15 is 0 Å². The number of nitrogens with zero attached hydrogens (tertiary/aromatic N) is 3. The first-order valence-corrected chi connectivity index (χ1v) is 6.77. The Kier molecular flexibility index (Phi) is 4.41. The predicted octanol–water partition coefficient (Wildman–Crippen LogP) is 1.06. The molecule has 2 rings (SSSR count). The number of nitrogens with one attached hydrogen (secondary N) is 1. The van der Waals surface area contributed by atoms with Gasteiger partial charge in [-0.3, -0.25) is 4.79 Å². The number of thioether (sulfide) groups is 1. The van der Waals surface area contributed by atoms with Crippen LogP contribution in [0.15, 0.2) is 21.8 Å². The van der Waals surface area contributed by atoms with Crippen LogP contribution in [0.4, 0.5) is 17.5 Å². The quantitative estimate of drug-likeness (QED) is 0.550. The molecule has 0 spiro atoms. The lowest BCUT2D eigenvalue weighted by Crippen LogP contribution is -2.12. The van der Waals surface area contributed by atoms with Gasteiger partial charge in [0.15, 0.2) is 11.0 Å². The van der Waals surface area contributed by atoms with E-state index in [1.165, 1.54) is 17.8 Å². The van der Waals surface area contributed by atoms with Crippen LogP contribution in [0.3, 0.4) is 0 Å². The molecular formula is C11H14N6O2S. The van der Waals surface area contributed by atoms with Crippen molar-refractivity contribution in [2.45, 2.75) is 18.5 Å². The Labute approximate surface area is 119 Å². The topological polar surface area (TPSA) is 133 Å². The van der Waals surface area contributed by atoms with Crippen LogP contribution in [0.25, 0.3) is 0 Å². The van der Waals surface area contributed by atoms with Crippen molar-refractivity contribution in [3.05, 3.63) is 17.9 Å². The summed E-state index contributed by atoms with van der Waals surface area (Å²) in [6.45, 7) is 1.75. The van der Waals surface area contributed by atoms with Crippen molar-refractivity contribution < 1.29 is 9.32 Å². The largest absolute Gasteiger partial charge is 0.383 e. The maximum atomic E-state index is 11.6. The van der Waals surface area contributed by atoms with Crippen molar-refractivity contribution >= 4 is 35.1 Å². The average molecular weight is 294 g/mol. The van der Waals surface area contributed by atoms with E-state index in [2.05, 4.69) is 20.4 Å². The van der Waals surface area contributed by atoms with E-state index in [9.17, 15) is 4.79 Å². The molecule has 0 bridgehead atoms. The standard InChI is InChI=1S/C11H14N6O2S/c1-6-4-9(17-19-6)16-10(18)2-3-20-11-14-7(12)5-8(13)15-11/h4-5H,2-3H2,1H3,(H,16,17,18)(H4,12,13,14,15). The SMILES string of the molecule is Cc1cc(NC(=O)CCSc2nc(N)cc(N)n2)no1. The molecule has 1 amide bonds. The first kappa shape index (κ1) is 14.1. The lowest BCUT2D eigenvalue weighted by molar-refractivity contribution is -0.115. The Hall–Kier alpha value is -2.29. The second kappa shape index (κ2) is 6.24. The normalized spacial score (nSPS) is 10.4. The van der Waals surface area contributed by atoms with E-state index in [0.29, 0.717) is 34.1 Å². The lowest BCUT2D eigenvalue weighted by Gasteiger charge is -2.03. The third kappa shape index (κ3) is 4.12. The summed E-state index contributed by atoms with van der Waals surface area (Å²) in [6, 6.07) is 3.12. The van der Waals surface area contributed by atoms with Gasteiger partial charge in [0.2, 0.25) is 5.91 Å². The van der Waals surface area contributed by atoms with E-state index < -0.39 is 0 Å². The van der Waals surface area contributed by atoms with Crippen molar-refractivity contribution in [3.8, 4) is 0 Å². The number of rotatable bonds is 5. The summed E-state index contributed by atoms with van der Waals surface area (Å²) in [5.41, 5.74) is 11.1. The molecular weight excluding hydrogens is 280 g/mol. The Morgan fingerprint density at radius 2 is 2.05 bits per heavy atom. The number of hydrogen-bond donors (Lipinski definition) is 3. The summed E-state index contributed by atoms with van der Waals surface area (Å²) >= 11 is 1.31. The molecule has 0 aliphatic carbocycles. The second-order valence-corrected chi connectivity index (χ2v) is 5.03. The molecule has 8 nitrogen and oxygen atoms in total. The molecule has 0 aromatic carbocycles. The third-order valence-corrected chi connectivity index (χ3v) is 3.05. The summed E-state index contributed by atoms with van der Waals surface area (Å²) in [5.74, 6) is 2.00. The van der Waals surface area contributed by atoms with Gasteiger partial charge in [0.25, 0.3) is 0 Å². The maximum absolute atomic E-state index is 11.6. The number of carbonyl (C=O) groups is 1. The molecule has 0 fully saturated rings. The van der Waals surface area contributed by atoms with E-state index in [-0.39, 0.29) is 12.3 Å². The fraction of sp³-hybridized carbons (Fsp3) is 0.273. The molecule has 0 radical (unpaired) electrons. The van der Waals surface area contributed by atoms with Crippen LogP contribution in [-0.2, 0) is 4.79 Å². The van der Waals surface area contributed by atoms with E-state index in [4.69, 9.17) is 16.0 Å². The summed E-state index contributed by atoms with van der Waals surface area (Å²) in [7, 11) is 0. The highest BCUT2D eigenvalue weighted by Gasteiger charge is 2.07. The van der Waals surface area contributed by atoms with Gasteiger partial charge in [0.05, 0.1) is 0 Å². The van der Waals surface area contributed by atoms with Crippen LogP contribution in [0.2, 0.25) is 0 Å². The van der Waals surface area contributed by atoms with Gasteiger partial charge >= 0.3 is 0 Å². The number of aromatic nitrogens is 3. The smallest absolute Gasteiger partial charge is 0.226 e. The van der Waals surface area contributed by atoms with Crippen molar-refractivity contribution in [2.75, 3.05) is 22.5 Å². The Balaban J connectivity index is 1.79. The number of aryl methyl sites for hydroxylation is 1. The summed E-state index contributed by atoms with van der Waals surface area (Å²) in [6.07, 6.45) is 0.286. The minimum absolute atomic E-state index is 0.164. The fourth-order valence-corrected chi connectivity index (χ4v) is 2.20. The fourth-order valence-electron chi connectivity index (χ4n) is 1.39. The van der Waals surface area contributed by atoms with Gasteiger partial charge in [-0.05, 0) is 6.92 Å². The van der Waals surface area contributed by atoms with Gasteiger partial charge < -0.3 is 21.3 Å². The molecule has 2 heterocycles. The number of amides is 1. The summed E-state index contributed by atoms with van der Waals surface area (Å²) in [4.78, 5) is 19.7. The van der Waals surface area contributed by atoms with E-state index in [0.717, 1.165) is 0 Å². The predicted molar refractivity (Wildman–Crippen MR) is 76.1 cm³/mol. The first-order chi connectivity index (χ1) is 9.52. The average Bonchev–Trinajstić information content (AvgIpc) is 2.73. The Bertz CT molecular complexity index is 594. The van der Waals surface area contributed by atoms with Crippen molar-refractivity contribution in [2.24, 2.45) is 0 Å². The van der Waals surface area contributed by atoms with Crippen LogP contribution in [0.5, 0.6) is 0 Å². The van der Waals surface area contributed by atoms with Crippen LogP contribution < -0.4 is 16.8 Å². The van der Waals surface area contributed by atoms with Crippen LogP contribution in [0.1, 0.15) is 12.2 Å². The molecule has 0 aliphatic heterocycles. The number of nitrogen functional groups attached to an aromatic ring is 2. The Morgan fingerprint density at radius 3 is 2.65 bits per heavy atom. The maximum Gasteiger partial charge on any atom is 0.226 e. The van der Waals surface area contributed by atoms with Gasteiger partial charge in [0.1, 0.15) is 17.4 Å². The van der Waals surface area contributed by atoms with E-state index in [1.54, 1.807) is 13.0 Å². The third-order valence-electron chi connectivity index (χ3n) is 2.20. The molecule has 20 heavy (non-hydrogen) atoms. The molecule has 0 atom stereocenters. The van der Waals surface area contributed by atoms with Crippen LogP contribution in [-0.4, -0.2) is 26.8 Å². The molecule has 2 aromatic rings. The van der Waals surface area contributed by atoms with Gasteiger partial charge in [-0.15, -0.1) is 0 Å². The lowest BCUT2D eigenvalue weighted by atomic mass is 10.4. The molecule has 0 saturated heterocycles. The zero-order valence-corrected chi connectivity index (χ0v) is 11.6. The number of hydrogen-bond acceptors (Lipinski definition) is 8. The molecule has 9 heteroatoms. The highest BCUT2D eigenvalue weighted by Crippen LogP contribution is 2.17. The zero-order chi connectivity index (χ0) is 14.5. The van der Waals surface area contributed by atoms with Gasteiger partial charge in [-0.1, -0.05) is 16.9 Å². The highest BCUT2D eigenvalue weighted by atomic mass is 32.2. The van der Waals surface area contributed by atoms with Gasteiger partial charge in [-0.25, -0.2) is 9.97 Å². The number of nitrogens with two attached hydrogens (primary N) is 2. The molecule has 106 valence electrons. The van der Waals surface area contributed by atoms with Crippen LogP contribution in [0, 0.1) is 6.92 Å². The van der Waals surface area contributed by atoms with Crippen molar-refractivity contribution in [1.82, 2.24) is 15.1 Å². The van der Waals surface area contributed by atoms with Gasteiger partial charge in [0, 0.05) is 24.3 Å². The van der Waals surface area contributed by atoms with E-state index in [1.807, 2.05) is 0 Å². The molecule has 0 unspecified atom stereocenters. The monoisotopic (exact) mass is 294 g/mol. The summed E-state index contributed by atoms with van der Waals surface area (Å²) < 4.78 is 4.85. The molecule has 0 saturated carbocycles. The minimum Gasteiger partial charge on any atom is -0.383 e. The first-order valence-electron chi connectivity index (χ1n) is 5.79. The number of anilines is 3. The van der Waals surface area contributed by atoms with Crippen molar-refractivity contribution in [1.29, 1.82) is 0 Å². The second-order valence-electron chi connectivity index (χ2n) is 3.97. The molecule has 5 N–H and O–H groups in total. The zero-order valence-electron chi connectivity index (χ0n) is 10.8. The van der Waals surface area contributed by atoms with Gasteiger partial charge in [-0.2, -0.15) is 0 Å². The number of carbonyl (C=O) groups excluding carboxylic acids is 1. The minimum atomic E-state index is -0.164. The molecule has 0 aliphatic rings. The Morgan fingerprint density at radius 1 is 1.35 bits per heavy atom. The molecule has 2 aromatic heterocycles. The summed E-state index contributed by atoms with van der Waals surface area (Å²) in [5, 5.41) is 6.75. The highest BCUT2D eigenvalue weighted by molar-refractivity contribution is 7.99. The van der Waals surface area contributed by atoms with Crippen LogP contribution >= 0.6 is 11.8 Å². The van der Waals surface area contributed by atoms with Crippen molar-refractivity contribution in [3.63, 3.8) is 0 Å².